The van der Waals surface area contributed by atoms with Gasteiger partial charge in [-0.1, -0.05) is 6.92 Å². The normalized spacial score (nSPS) is 28.3. The SMILES string of the molecule is CC[C@]1(F)C[C@@H](C(=O)O)N(C(=O)OC(C)(C)C)C1. The molecule has 18 heavy (non-hydrogen) atoms. The van der Waals surface area contributed by atoms with Crippen LogP contribution in [0.3, 0.4) is 0 Å². The van der Waals surface area contributed by atoms with Gasteiger partial charge < -0.3 is 9.84 Å². The lowest BCUT2D eigenvalue weighted by molar-refractivity contribution is -0.142. The number of alkyl halides is 1. The summed E-state index contributed by atoms with van der Waals surface area (Å²) in [5, 5.41) is 9.04. The van der Waals surface area contributed by atoms with Crippen LogP contribution in [-0.2, 0) is 9.53 Å². The van der Waals surface area contributed by atoms with Crippen LogP contribution >= 0.6 is 0 Å². The smallest absolute Gasteiger partial charge is 0.411 e. The van der Waals surface area contributed by atoms with Crippen molar-refractivity contribution in [1.82, 2.24) is 4.90 Å². The van der Waals surface area contributed by atoms with E-state index in [2.05, 4.69) is 0 Å². The average molecular weight is 261 g/mol. The molecule has 0 aromatic rings. The first-order chi connectivity index (χ1) is 8.08. The Balaban J connectivity index is 2.85. The number of aliphatic carboxylic acids is 1. The molecule has 0 aromatic carbocycles. The fourth-order valence-electron chi connectivity index (χ4n) is 1.93. The summed E-state index contributed by atoms with van der Waals surface area (Å²) in [6.45, 7) is 6.45. The highest BCUT2D eigenvalue weighted by Crippen LogP contribution is 2.34. The first-order valence-corrected chi connectivity index (χ1v) is 5.99. The number of carboxylic acids is 1. The first-order valence-electron chi connectivity index (χ1n) is 5.99. The average Bonchev–Trinajstić information content (AvgIpc) is 2.55. The topological polar surface area (TPSA) is 66.8 Å². The molecule has 2 atom stereocenters. The van der Waals surface area contributed by atoms with Crippen molar-refractivity contribution in [2.45, 2.75) is 57.8 Å². The van der Waals surface area contributed by atoms with Gasteiger partial charge in [-0.15, -0.1) is 0 Å². The highest BCUT2D eigenvalue weighted by molar-refractivity contribution is 5.81. The highest BCUT2D eigenvalue weighted by atomic mass is 19.1. The van der Waals surface area contributed by atoms with Crippen molar-refractivity contribution in [3.63, 3.8) is 0 Å². The number of carbonyl (C=O) groups is 2. The zero-order valence-electron chi connectivity index (χ0n) is 11.2. The summed E-state index contributed by atoms with van der Waals surface area (Å²) in [5.41, 5.74) is -2.37. The van der Waals surface area contributed by atoms with Gasteiger partial charge in [0.25, 0.3) is 0 Å². The number of ether oxygens (including phenoxy) is 1. The minimum Gasteiger partial charge on any atom is -0.480 e. The Hall–Kier alpha value is -1.33. The van der Waals surface area contributed by atoms with E-state index in [4.69, 9.17) is 9.84 Å². The molecular formula is C12H20FNO4. The monoisotopic (exact) mass is 261 g/mol. The minimum atomic E-state index is -1.64. The number of amides is 1. The fraction of sp³-hybridized carbons (Fsp3) is 0.833. The molecule has 1 N–H and O–H groups in total. The summed E-state index contributed by atoms with van der Waals surface area (Å²) in [6, 6.07) is -1.15. The maximum atomic E-state index is 14.2. The Labute approximate surface area is 106 Å². The lowest BCUT2D eigenvalue weighted by Gasteiger charge is -2.27. The summed E-state index contributed by atoms with van der Waals surface area (Å²) in [7, 11) is 0. The van der Waals surface area contributed by atoms with E-state index in [-0.39, 0.29) is 19.4 Å². The minimum absolute atomic E-state index is 0.177. The molecule has 6 heteroatoms. The van der Waals surface area contributed by atoms with E-state index in [9.17, 15) is 14.0 Å². The van der Waals surface area contributed by atoms with Gasteiger partial charge in [0.05, 0.1) is 6.54 Å². The van der Waals surface area contributed by atoms with Crippen molar-refractivity contribution in [3.8, 4) is 0 Å². The molecular weight excluding hydrogens is 241 g/mol. The predicted molar refractivity (Wildman–Crippen MR) is 63.1 cm³/mol. The van der Waals surface area contributed by atoms with Gasteiger partial charge in [-0.3, -0.25) is 4.90 Å². The number of carbonyl (C=O) groups excluding carboxylic acids is 1. The van der Waals surface area contributed by atoms with Crippen LogP contribution in [0, 0.1) is 0 Å². The van der Waals surface area contributed by atoms with Crippen molar-refractivity contribution in [2.24, 2.45) is 0 Å². The van der Waals surface area contributed by atoms with E-state index < -0.39 is 29.4 Å². The van der Waals surface area contributed by atoms with Crippen LogP contribution in [-0.4, -0.2) is 45.9 Å². The van der Waals surface area contributed by atoms with Crippen LogP contribution in [0.5, 0.6) is 0 Å². The van der Waals surface area contributed by atoms with Gasteiger partial charge in [0.1, 0.15) is 17.3 Å². The van der Waals surface area contributed by atoms with Gasteiger partial charge in [-0.05, 0) is 27.2 Å². The van der Waals surface area contributed by atoms with Crippen LogP contribution in [0.4, 0.5) is 9.18 Å². The second-order valence-electron chi connectivity index (χ2n) is 5.67. The number of likely N-dealkylation sites (tertiary alicyclic amines) is 1. The van der Waals surface area contributed by atoms with Crippen molar-refractivity contribution in [1.29, 1.82) is 0 Å². The Kier molecular flexibility index (Phi) is 3.88. The van der Waals surface area contributed by atoms with Crippen LogP contribution in [0.15, 0.2) is 0 Å². The van der Waals surface area contributed by atoms with Crippen molar-refractivity contribution in [3.05, 3.63) is 0 Å². The van der Waals surface area contributed by atoms with E-state index in [0.717, 1.165) is 4.90 Å². The number of carboxylic acid groups (broad SMARTS) is 1. The second kappa shape index (κ2) is 4.74. The molecule has 1 amide bonds. The molecule has 0 aromatic heterocycles. The molecule has 1 heterocycles. The fourth-order valence-corrected chi connectivity index (χ4v) is 1.93. The quantitative estimate of drug-likeness (QED) is 0.827. The molecule has 5 nitrogen and oxygen atoms in total. The third-order valence-electron chi connectivity index (χ3n) is 2.94. The first kappa shape index (κ1) is 14.7. The number of hydrogen-bond donors (Lipinski definition) is 1. The number of nitrogens with zero attached hydrogens (tertiary/aromatic N) is 1. The predicted octanol–water partition coefficient (Wildman–Crippen LogP) is 2.20. The van der Waals surface area contributed by atoms with Crippen molar-refractivity contribution >= 4 is 12.1 Å². The van der Waals surface area contributed by atoms with Gasteiger partial charge in [0, 0.05) is 6.42 Å². The molecule has 104 valence electrons. The molecule has 0 bridgehead atoms. The lowest BCUT2D eigenvalue weighted by atomic mass is 9.99. The van der Waals surface area contributed by atoms with Gasteiger partial charge >= 0.3 is 12.1 Å². The van der Waals surface area contributed by atoms with E-state index >= 15 is 0 Å². The van der Waals surface area contributed by atoms with E-state index in [1.54, 1.807) is 27.7 Å². The molecule has 0 saturated carbocycles. The van der Waals surface area contributed by atoms with Gasteiger partial charge in [0.2, 0.25) is 0 Å². The van der Waals surface area contributed by atoms with Gasteiger partial charge in [-0.2, -0.15) is 0 Å². The summed E-state index contributed by atoms with van der Waals surface area (Å²) in [5.74, 6) is -1.20. The third kappa shape index (κ3) is 3.34. The molecule has 1 saturated heterocycles. The van der Waals surface area contributed by atoms with Crippen molar-refractivity contribution in [2.75, 3.05) is 6.54 Å². The Morgan fingerprint density at radius 3 is 2.44 bits per heavy atom. The van der Waals surface area contributed by atoms with Gasteiger partial charge in [-0.25, -0.2) is 14.0 Å². The largest absolute Gasteiger partial charge is 0.480 e. The second-order valence-corrected chi connectivity index (χ2v) is 5.67. The van der Waals surface area contributed by atoms with Crippen LogP contribution in [0.1, 0.15) is 40.5 Å². The van der Waals surface area contributed by atoms with E-state index in [0.29, 0.717) is 0 Å². The summed E-state index contributed by atoms with van der Waals surface area (Å²) in [6.07, 6.45) is -0.781. The summed E-state index contributed by atoms with van der Waals surface area (Å²) < 4.78 is 19.3. The summed E-state index contributed by atoms with van der Waals surface area (Å²) >= 11 is 0. The van der Waals surface area contributed by atoms with Crippen molar-refractivity contribution < 1.29 is 23.8 Å². The van der Waals surface area contributed by atoms with Crippen LogP contribution in [0.25, 0.3) is 0 Å². The Morgan fingerprint density at radius 1 is 1.50 bits per heavy atom. The molecule has 1 aliphatic rings. The molecule has 0 unspecified atom stereocenters. The Bertz CT molecular complexity index is 352. The van der Waals surface area contributed by atoms with E-state index in [1.165, 1.54) is 0 Å². The molecule has 1 fully saturated rings. The number of hydrogen-bond acceptors (Lipinski definition) is 3. The molecule has 1 rings (SSSR count). The highest BCUT2D eigenvalue weighted by Gasteiger charge is 2.49. The molecule has 0 spiro atoms. The summed E-state index contributed by atoms with van der Waals surface area (Å²) in [4.78, 5) is 23.9. The maximum Gasteiger partial charge on any atom is 0.411 e. The molecule has 0 radical (unpaired) electrons. The van der Waals surface area contributed by atoms with Crippen LogP contribution < -0.4 is 0 Å². The molecule has 0 aliphatic carbocycles. The standard InChI is InChI=1S/C12H20FNO4/c1-5-12(13)6-8(9(15)16)14(7-12)10(17)18-11(2,3)4/h8H,5-7H2,1-4H3,(H,15,16)/t8-,12-/m0/s1. The zero-order valence-corrected chi connectivity index (χ0v) is 11.2. The molecule has 1 aliphatic heterocycles. The van der Waals surface area contributed by atoms with Gasteiger partial charge in [0.15, 0.2) is 0 Å². The zero-order chi connectivity index (χ0) is 14.1. The Morgan fingerprint density at radius 2 is 2.06 bits per heavy atom. The number of rotatable bonds is 2. The lowest BCUT2D eigenvalue weighted by Crippen LogP contribution is -2.43. The van der Waals surface area contributed by atoms with E-state index in [1.807, 2.05) is 0 Å². The van der Waals surface area contributed by atoms with Crippen LogP contribution in [0.2, 0.25) is 0 Å². The number of halogens is 1. The maximum absolute atomic E-state index is 14.2. The third-order valence-corrected chi connectivity index (χ3v) is 2.94.